The van der Waals surface area contributed by atoms with Gasteiger partial charge in [-0.3, -0.25) is 4.79 Å². The van der Waals surface area contributed by atoms with Crippen LogP contribution in [0.3, 0.4) is 0 Å². The fraction of sp³-hybridized carbons (Fsp3) is 0.826. The zero-order valence-electron chi connectivity index (χ0n) is 23.8. The van der Waals surface area contributed by atoms with Crippen LogP contribution in [0, 0.1) is 5.41 Å². The summed E-state index contributed by atoms with van der Waals surface area (Å²) in [4.78, 5) is 49.0. The highest BCUT2D eigenvalue weighted by atomic mass is 32.2. The van der Waals surface area contributed by atoms with E-state index in [4.69, 9.17) is 10.5 Å². The number of thioether (sulfide) groups is 2. The van der Waals surface area contributed by atoms with E-state index in [-0.39, 0.29) is 35.7 Å². The highest BCUT2D eigenvalue weighted by molar-refractivity contribution is 8.04. The number of nitrogens with one attached hydrogen (secondary N) is 2. The molecule has 0 aromatic carbocycles. The predicted molar refractivity (Wildman–Crippen MR) is 165 cm³/mol. The number of hydrogen-bond donors (Lipinski definition) is 3. The number of Topliss-reactive ketones (excluding diaryl/α,β-unsaturated/α-hetero) is 1. The van der Waals surface area contributed by atoms with Gasteiger partial charge in [-0.2, -0.15) is 23.5 Å². The van der Waals surface area contributed by atoms with Gasteiger partial charge in [-0.15, -0.1) is 0 Å². The second-order valence-electron chi connectivity index (χ2n) is 10.8. The fourth-order valence-electron chi connectivity index (χ4n) is 3.81. The van der Waals surface area contributed by atoms with Crippen molar-refractivity contribution >= 4 is 76.4 Å². The van der Waals surface area contributed by atoms with Crippen molar-refractivity contribution in [1.29, 1.82) is 0 Å². The average molecular weight is 551 g/mol. The van der Waals surface area contributed by atoms with Crippen molar-refractivity contribution in [2.45, 2.75) is 88.1 Å². The maximum Gasteiger partial charge on any atom is 0.226 e. The van der Waals surface area contributed by atoms with Crippen molar-refractivity contribution in [3.8, 4) is 0 Å². The fourth-order valence-corrected chi connectivity index (χ4v) is 7.09. The number of carbonyl (C=O) groups excluding carboxylic acids is 4. The van der Waals surface area contributed by atoms with Gasteiger partial charge in [0.05, 0.1) is 33.2 Å². The Bertz CT molecular complexity index is 791. The largest absolute Gasteiger partial charge is 0.361 e. The minimum Gasteiger partial charge on any atom is -0.361 e. The van der Waals surface area contributed by atoms with Gasteiger partial charge in [0.1, 0.15) is 17.2 Å². The quantitative estimate of drug-likeness (QED) is 0.123. The molecule has 5 atom stereocenters. The lowest BCUT2D eigenvalue weighted by Gasteiger charge is -2.37. The van der Waals surface area contributed by atoms with Crippen LogP contribution in [0.15, 0.2) is 0 Å². The standard InChI is InChI=1S/C23H45B4N3O5S2/c1-14(31)8-9-23(4,28)35-11-10-22(2,3)21(34)30-16(20(33)27-25)13-37-18-7-6-17(18)36-12-15(29-5)19(32)26-24/h15-18,26-27,29H,6-13,24-25,28H2,1-5H3,(H,30,34). The number of amides is 1. The van der Waals surface area contributed by atoms with Crippen LogP contribution >= 0.6 is 23.5 Å². The molecule has 1 saturated carbocycles. The maximum atomic E-state index is 13.1. The Morgan fingerprint density at radius 3 is 1.97 bits per heavy atom. The lowest BCUT2D eigenvalue weighted by Crippen LogP contribution is -2.50. The van der Waals surface area contributed by atoms with E-state index in [0.29, 0.717) is 49.9 Å². The van der Waals surface area contributed by atoms with Crippen molar-refractivity contribution in [3.63, 3.8) is 0 Å². The first-order valence-corrected chi connectivity index (χ1v) is 15.5. The Morgan fingerprint density at radius 1 is 1.00 bits per heavy atom. The molecule has 0 aromatic rings. The molecule has 0 spiro atoms. The monoisotopic (exact) mass is 551 g/mol. The summed E-state index contributed by atoms with van der Waals surface area (Å²) < 4.78 is 5.77. The summed E-state index contributed by atoms with van der Waals surface area (Å²) in [5, 5.41) is 6.99. The third-order valence-corrected chi connectivity index (χ3v) is 10.2. The molecular formula is C23H45B4N3O5S2. The van der Waals surface area contributed by atoms with E-state index >= 15 is 0 Å². The first kappa shape index (κ1) is 34.3. The molecule has 37 heavy (non-hydrogen) atoms. The normalized spacial score (nSPS) is 20.6. The van der Waals surface area contributed by atoms with Gasteiger partial charge in [0.15, 0.2) is 14.3 Å². The lowest BCUT2D eigenvalue weighted by atomic mass is 9.51. The van der Waals surface area contributed by atoms with E-state index in [9.17, 15) is 19.2 Å². The van der Waals surface area contributed by atoms with Gasteiger partial charge in [-0.05, 0) is 46.6 Å². The van der Waals surface area contributed by atoms with E-state index < -0.39 is 17.2 Å². The molecule has 0 radical (unpaired) electrons. The van der Waals surface area contributed by atoms with E-state index in [1.807, 2.05) is 48.1 Å². The van der Waals surface area contributed by atoms with Gasteiger partial charge in [-0.25, -0.2) is 0 Å². The van der Waals surface area contributed by atoms with Gasteiger partial charge in [-0.1, -0.05) is 13.8 Å². The molecule has 0 heterocycles. The summed E-state index contributed by atoms with van der Waals surface area (Å²) in [5.41, 5.74) is 4.72. The number of nitrogens with two attached hydrogens (primary N) is 1. The van der Waals surface area contributed by atoms with Crippen molar-refractivity contribution in [1.82, 2.24) is 10.6 Å². The first-order chi connectivity index (χ1) is 17.3. The number of likely N-dealkylation sites (N-methyl/N-ethyl adjacent to an activating group) is 1. The van der Waals surface area contributed by atoms with Crippen LogP contribution in [0.25, 0.3) is 0 Å². The first-order valence-electron chi connectivity index (χ1n) is 13.4. The smallest absolute Gasteiger partial charge is 0.226 e. The SMILES string of the molecule is BBC(=O)C(CSC1CCC1SCC(NC(=O)C(C)(C)CCOC(C)(N)CCC(C)=O)C(=O)BB)NC. The zero-order chi connectivity index (χ0) is 28.2. The molecule has 0 aliphatic heterocycles. The second kappa shape index (κ2) is 16.4. The van der Waals surface area contributed by atoms with E-state index in [1.54, 1.807) is 18.7 Å². The predicted octanol–water partition coefficient (Wildman–Crippen LogP) is -1.44. The Morgan fingerprint density at radius 2 is 1.51 bits per heavy atom. The lowest BCUT2D eigenvalue weighted by molar-refractivity contribution is -0.133. The molecule has 0 bridgehead atoms. The summed E-state index contributed by atoms with van der Waals surface area (Å²) in [6.45, 7) is 7.22. The Labute approximate surface area is 234 Å². The van der Waals surface area contributed by atoms with Gasteiger partial charge in [0.2, 0.25) is 5.91 Å². The molecule has 1 aliphatic rings. The number of ether oxygens (including phenoxy) is 1. The van der Waals surface area contributed by atoms with Crippen LogP contribution in [-0.4, -0.2) is 106 Å². The minimum atomic E-state index is -0.927. The van der Waals surface area contributed by atoms with Gasteiger partial charge in [0.25, 0.3) is 0 Å². The van der Waals surface area contributed by atoms with Gasteiger partial charge < -0.3 is 35.5 Å². The molecular weight excluding hydrogens is 506 g/mol. The summed E-state index contributed by atoms with van der Waals surface area (Å²) in [5.74, 6) is 1.18. The molecule has 1 rings (SSSR count). The van der Waals surface area contributed by atoms with Gasteiger partial charge >= 0.3 is 0 Å². The average Bonchev–Trinajstić information content (AvgIpc) is 2.82. The topological polar surface area (TPSA) is 128 Å². The highest BCUT2D eigenvalue weighted by Crippen LogP contribution is 2.40. The molecule has 0 saturated heterocycles. The Kier molecular flexibility index (Phi) is 15.3. The van der Waals surface area contributed by atoms with Crippen molar-refractivity contribution in [2.75, 3.05) is 25.2 Å². The molecule has 0 aromatic heterocycles. The van der Waals surface area contributed by atoms with Crippen LogP contribution in [0.4, 0.5) is 0 Å². The second-order valence-corrected chi connectivity index (χ2v) is 13.4. The third kappa shape index (κ3) is 12.4. The third-order valence-electron chi connectivity index (χ3n) is 6.98. The summed E-state index contributed by atoms with van der Waals surface area (Å²) in [6, 6.07) is -0.650. The summed E-state index contributed by atoms with van der Waals surface area (Å²) in [7, 11) is 6.43. The molecule has 206 valence electrons. The molecule has 1 amide bonds. The molecule has 4 N–H and O–H groups in total. The number of carbonyl (C=O) groups is 4. The molecule has 1 fully saturated rings. The Balaban J connectivity index is 2.59. The summed E-state index contributed by atoms with van der Waals surface area (Å²) in [6.07, 6.45) is 3.40. The van der Waals surface area contributed by atoms with Crippen molar-refractivity contribution in [3.05, 3.63) is 0 Å². The van der Waals surface area contributed by atoms with Crippen LogP contribution in [0.5, 0.6) is 0 Å². The van der Waals surface area contributed by atoms with Crippen LogP contribution in [-0.2, 0) is 23.9 Å². The number of hydrogen-bond acceptors (Lipinski definition) is 9. The molecule has 8 nitrogen and oxygen atoms in total. The van der Waals surface area contributed by atoms with Crippen LogP contribution in [0.1, 0.15) is 59.8 Å². The minimum absolute atomic E-state index is 0.0268. The van der Waals surface area contributed by atoms with Crippen molar-refractivity contribution in [2.24, 2.45) is 11.1 Å². The van der Waals surface area contributed by atoms with Gasteiger partial charge in [0, 0.05) is 40.4 Å². The maximum absolute atomic E-state index is 13.1. The number of rotatable bonds is 20. The van der Waals surface area contributed by atoms with Crippen molar-refractivity contribution < 1.29 is 23.9 Å². The zero-order valence-corrected chi connectivity index (χ0v) is 25.4. The van der Waals surface area contributed by atoms with E-state index in [2.05, 4.69) is 10.6 Å². The van der Waals surface area contributed by atoms with E-state index in [0.717, 1.165) is 18.6 Å². The number of ketones is 1. The summed E-state index contributed by atoms with van der Waals surface area (Å²) >= 11 is 3.58. The van der Waals surface area contributed by atoms with Crippen LogP contribution in [0.2, 0.25) is 0 Å². The van der Waals surface area contributed by atoms with Crippen LogP contribution < -0.4 is 16.4 Å². The van der Waals surface area contributed by atoms with E-state index in [1.165, 1.54) is 6.92 Å². The molecule has 5 unspecified atom stereocenters. The molecule has 14 heteroatoms. The Hall–Kier alpha value is -0.680. The molecule has 1 aliphatic carbocycles. The highest BCUT2D eigenvalue weighted by Gasteiger charge is 2.35.